The lowest BCUT2D eigenvalue weighted by atomic mass is 10.0. The Kier molecular flexibility index (Phi) is 4.77. The maximum Gasteiger partial charge on any atom is 0.202 e. The smallest absolute Gasteiger partial charge is 0.202 e. The van der Waals surface area contributed by atoms with E-state index in [2.05, 4.69) is 0 Å². The molecule has 138 valence electrons. The summed E-state index contributed by atoms with van der Waals surface area (Å²) in [5.41, 5.74) is 5.09. The summed E-state index contributed by atoms with van der Waals surface area (Å²) < 4.78 is 3.48. The Balaban J connectivity index is 1.57. The van der Waals surface area contributed by atoms with Crippen molar-refractivity contribution in [1.82, 2.24) is 9.13 Å². The normalized spacial score (nSPS) is 10.8. The van der Waals surface area contributed by atoms with Crippen LogP contribution in [0, 0.1) is 5.41 Å². The van der Waals surface area contributed by atoms with Gasteiger partial charge in [0.2, 0.25) is 5.62 Å². The summed E-state index contributed by atoms with van der Waals surface area (Å²) in [6.45, 7) is 0.143. The van der Waals surface area contributed by atoms with Gasteiger partial charge in [-0.1, -0.05) is 84.9 Å². The molecule has 0 aliphatic heterocycles. The quantitative estimate of drug-likeness (QED) is 0.518. The van der Waals surface area contributed by atoms with Crippen molar-refractivity contribution >= 4 is 5.78 Å². The van der Waals surface area contributed by atoms with Crippen LogP contribution in [0.3, 0.4) is 0 Å². The first-order valence-electron chi connectivity index (χ1n) is 9.18. The standard InChI is InChI=1S/C24H21N3O/c1-26-22(20-10-6-3-7-11-20)16-27(24(26)25)17-23(28)21-14-12-19(13-15-21)18-8-4-2-5-9-18/h2-16,25H,17H2,1H3. The van der Waals surface area contributed by atoms with Crippen molar-refractivity contribution < 1.29 is 4.79 Å². The number of rotatable bonds is 5. The van der Waals surface area contributed by atoms with Crippen molar-refractivity contribution in [3.05, 3.63) is 102 Å². The first-order chi connectivity index (χ1) is 13.6. The second kappa shape index (κ2) is 7.53. The van der Waals surface area contributed by atoms with E-state index in [0.717, 1.165) is 22.4 Å². The van der Waals surface area contributed by atoms with Crippen LogP contribution in [0.15, 0.2) is 91.1 Å². The molecule has 0 fully saturated rings. The van der Waals surface area contributed by atoms with Gasteiger partial charge in [0.15, 0.2) is 5.78 Å². The fourth-order valence-corrected chi connectivity index (χ4v) is 3.32. The Morgan fingerprint density at radius 2 is 1.32 bits per heavy atom. The van der Waals surface area contributed by atoms with Gasteiger partial charge in [0.05, 0.1) is 12.2 Å². The summed E-state index contributed by atoms with van der Waals surface area (Å²) in [4.78, 5) is 12.8. The molecule has 0 saturated heterocycles. The minimum atomic E-state index is -0.0108. The molecule has 28 heavy (non-hydrogen) atoms. The highest BCUT2D eigenvalue weighted by atomic mass is 16.1. The molecule has 0 aliphatic carbocycles. The van der Waals surface area contributed by atoms with E-state index in [4.69, 9.17) is 5.41 Å². The van der Waals surface area contributed by atoms with Gasteiger partial charge in [-0.15, -0.1) is 0 Å². The van der Waals surface area contributed by atoms with E-state index in [1.165, 1.54) is 0 Å². The van der Waals surface area contributed by atoms with Gasteiger partial charge in [-0.25, -0.2) is 0 Å². The van der Waals surface area contributed by atoms with Crippen molar-refractivity contribution in [3.8, 4) is 22.4 Å². The number of nitrogens with one attached hydrogen (secondary N) is 1. The molecular weight excluding hydrogens is 346 g/mol. The van der Waals surface area contributed by atoms with Gasteiger partial charge >= 0.3 is 0 Å². The highest BCUT2D eigenvalue weighted by Gasteiger charge is 2.12. The van der Waals surface area contributed by atoms with Crippen LogP contribution in [0.5, 0.6) is 0 Å². The topological polar surface area (TPSA) is 50.8 Å². The fraction of sp³-hybridized carbons (Fsp3) is 0.0833. The van der Waals surface area contributed by atoms with Crippen LogP contribution in [0.2, 0.25) is 0 Å². The van der Waals surface area contributed by atoms with Gasteiger partial charge in [0, 0.05) is 18.8 Å². The molecule has 1 aromatic heterocycles. The number of hydrogen-bond acceptors (Lipinski definition) is 2. The Morgan fingerprint density at radius 1 is 0.786 bits per heavy atom. The largest absolute Gasteiger partial charge is 0.314 e. The molecule has 0 unspecified atom stereocenters. The number of ketones is 1. The van der Waals surface area contributed by atoms with E-state index in [1.54, 1.807) is 9.13 Å². The molecule has 4 rings (SSSR count). The van der Waals surface area contributed by atoms with Crippen molar-refractivity contribution in [2.24, 2.45) is 7.05 Å². The summed E-state index contributed by atoms with van der Waals surface area (Å²) in [5, 5.41) is 8.34. The van der Waals surface area contributed by atoms with Crippen LogP contribution in [0.25, 0.3) is 22.4 Å². The van der Waals surface area contributed by atoms with E-state index in [1.807, 2.05) is 98.2 Å². The number of benzene rings is 3. The van der Waals surface area contributed by atoms with Crippen molar-refractivity contribution in [2.75, 3.05) is 0 Å². The maximum atomic E-state index is 12.8. The van der Waals surface area contributed by atoms with Crippen molar-refractivity contribution in [1.29, 1.82) is 5.41 Å². The van der Waals surface area contributed by atoms with Gasteiger partial charge in [-0.2, -0.15) is 0 Å². The highest BCUT2D eigenvalue weighted by Crippen LogP contribution is 2.20. The fourth-order valence-electron chi connectivity index (χ4n) is 3.32. The average molecular weight is 367 g/mol. The lowest BCUT2D eigenvalue weighted by Crippen LogP contribution is -2.25. The molecule has 0 bridgehead atoms. The first kappa shape index (κ1) is 17.7. The van der Waals surface area contributed by atoms with Crippen LogP contribution < -0.4 is 5.62 Å². The number of imidazole rings is 1. The van der Waals surface area contributed by atoms with Crippen LogP contribution in [0.1, 0.15) is 10.4 Å². The Bertz CT molecular complexity index is 1150. The molecule has 0 spiro atoms. The summed E-state index contributed by atoms with van der Waals surface area (Å²) in [6, 6.07) is 27.6. The second-order valence-electron chi connectivity index (χ2n) is 6.76. The summed E-state index contributed by atoms with van der Waals surface area (Å²) in [5.74, 6) is -0.0108. The Hall–Kier alpha value is -3.66. The van der Waals surface area contributed by atoms with Gasteiger partial charge in [0.25, 0.3) is 0 Å². The number of nitrogens with zero attached hydrogens (tertiary/aromatic N) is 2. The third kappa shape index (κ3) is 3.45. The summed E-state index contributed by atoms with van der Waals surface area (Å²) in [6.07, 6.45) is 1.87. The minimum Gasteiger partial charge on any atom is -0.314 e. The van der Waals surface area contributed by atoms with Crippen LogP contribution in [-0.2, 0) is 13.6 Å². The van der Waals surface area contributed by atoms with Crippen LogP contribution in [-0.4, -0.2) is 14.9 Å². The molecule has 0 aliphatic rings. The molecule has 0 atom stereocenters. The lowest BCUT2D eigenvalue weighted by molar-refractivity contribution is 0.0970. The first-order valence-corrected chi connectivity index (χ1v) is 9.18. The molecular formula is C24H21N3O. The zero-order chi connectivity index (χ0) is 19.5. The molecule has 0 radical (unpaired) electrons. The summed E-state index contributed by atoms with van der Waals surface area (Å²) >= 11 is 0. The second-order valence-corrected chi connectivity index (χ2v) is 6.76. The zero-order valence-corrected chi connectivity index (χ0v) is 15.7. The monoisotopic (exact) mass is 367 g/mol. The van der Waals surface area contributed by atoms with E-state index in [-0.39, 0.29) is 12.3 Å². The zero-order valence-electron chi connectivity index (χ0n) is 15.7. The molecule has 1 N–H and O–H groups in total. The molecule has 4 aromatic rings. The lowest BCUT2D eigenvalue weighted by Gasteiger charge is -2.05. The van der Waals surface area contributed by atoms with E-state index in [9.17, 15) is 4.79 Å². The molecule has 0 amide bonds. The molecule has 4 nitrogen and oxygen atoms in total. The number of Topliss-reactive ketones (excluding diaryl/α,β-unsaturated/α-hetero) is 1. The van der Waals surface area contributed by atoms with E-state index < -0.39 is 0 Å². The van der Waals surface area contributed by atoms with E-state index >= 15 is 0 Å². The number of aromatic nitrogens is 2. The predicted octanol–water partition coefficient (Wildman–Crippen LogP) is 4.52. The number of hydrogen-bond donors (Lipinski definition) is 1. The van der Waals surface area contributed by atoms with Crippen molar-refractivity contribution in [3.63, 3.8) is 0 Å². The summed E-state index contributed by atoms with van der Waals surface area (Å²) in [7, 11) is 1.85. The van der Waals surface area contributed by atoms with Crippen LogP contribution >= 0.6 is 0 Å². The van der Waals surface area contributed by atoms with Gasteiger partial charge in [-0.3, -0.25) is 10.2 Å². The average Bonchev–Trinajstić information content (AvgIpc) is 3.03. The molecule has 4 heteroatoms. The van der Waals surface area contributed by atoms with Gasteiger partial charge in [0.1, 0.15) is 0 Å². The van der Waals surface area contributed by atoms with Gasteiger partial charge < -0.3 is 9.13 Å². The third-order valence-electron chi connectivity index (χ3n) is 4.93. The molecule has 1 heterocycles. The maximum absolute atomic E-state index is 12.8. The van der Waals surface area contributed by atoms with Gasteiger partial charge in [-0.05, 0) is 16.7 Å². The third-order valence-corrected chi connectivity index (χ3v) is 4.93. The van der Waals surface area contributed by atoms with Crippen LogP contribution in [0.4, 0.5) is 0 Å². The predicted molar refractivity (Wildman–Crippen MR) is 111 cm³/mol. The number of carbonyl (C=O) groups excluding carboxylic acids is 1. The Morgan fingerprint density at radius 3 is 1.93 bits per heavy atom. The molecule has 3 aromatic carbocycles. The molecule has 0 saturated carbocycles. The van der Waals surface area contributed by atoms with E-state index in [0.29, 0.717) is 11.2 Å². The van der Waals surface area contributed by atoms with Crippen molar-refractivity contribution in [2.45, 2.75) is 6.54 Å². The highest BCUT2D eigenvalue weighted by molar-refractivity contribution is 5.96. The number of carbonyl (C=O) groups is 1. The SMILES string of the molecule is Cn1c(-c2ccccc2)cn(CC(=O)c2ccc(-c3ccccc3)cc2)c1=N. The Labute approximate surface area is 163 Å². The minimum absolute atomic E-state index is 0.0108.